The Morgan fingerprint density at radius 1 is 1.28 bits per heavy atom. The summed E-state index contributed by atoms with van der Waals surface area (Å²) in [7, 11) is -3.48. The first-order chi connectivity index (χ1) is 8.16. The average molecular weight is 267 g/mol. The Kier molecular flexibility index (Phi) is 2.89. The number of anilines is 1. The van der Waals surface area contributed by atoms with Gasteiger partial charge >= 0.3 is 10.1 Å². The second-order valence-corrected chi connectivity index (χ2v) is 6.74. The van der Waals surface area contributed by atoms with E-state index >= 15 is 0 Å². The number of benzene rings is 1. The van der Waals surface area contributed by atoms with Crippen LogP contribution >= 0.6 is 0 Å². The summed E-state index contributed by atoms with van der Waals surface area (Å²) in [5, 5.41) is 3.38. The Morgan fingerprint density at radius 2 is 1.94 bits per heavy atom. The maximum Gasteiger partial charge on any atom is 0.306 e. The molecule has 5 heteroatoms. The van der Waals surface area contributed by atoms with E-state index in [2.05, 4.69) is 25.2 Å². The van der Waals surface area contributed by atoms with E-state index in [4.69, 9.17) is 4.18 Å². The molecule has 2 rings (SSSR count). The van der Waals surface area contributed by atoms with Crippen LogP contribution in [0.25, 0.3) is 5.57 Å². The van der Waals surface area contributed by atoms with Crippen LogP contribution in [-0.2, 0) is 10.1 Å². The van der Waals surface area contributed by atoms with Gasteiger partial charge in [-0.1, -0.05) is 6.08 Å². The van der Waals surface area contributed by atoms with Gasteiger partial charge in [0.05, 0.1) is 11.8 Å². The lowest BCUT2D eigenvalue weighted by atomic mass is 9.91. The van der Waals surface area contributed by atoms with E-state index in [0.717, 1.165) is 23.1 Å². The lowest BCUT2D eigenvalue weighted by Gasteiger charge is -2.31. The van der Waals surface area contributed by atoms with Gasteiger partial charge in [-0.3, -0.25) is 0 Å². The molecule has 98 valence electrons. The van der Waals surface area contributed by atoms with Crippen LogP contribution in [0.15, 0.2) is 24.3 Å². The molecular formula is C13H17NO3S. The third kappa shape index (κ3) is 2.85. The molecule has 1 aromatic rings. The average Bonchev–Trinajstić information content (AvgIpc) is 2.15. The quantitative estimate of drug-likeness (QED) is 0.837. The van der Waals surface area contributed by atoms with Crippen molar-refractivity contribution in [2.45, 2.75) is 26.3 Å². The molecular weight excluding hydrogens is 250 g/mol. The van der Waals surface area contributed by atoms with E-state index in [0.29, 0.717) is 5.75 Å². The first-order valence-electron chi connectivity index (χ1n) is 5.68. The van der Waals surface area contributed by atoms with E-state index in [1.807, 2.05) is 13.0 Å². The van der Waals surface area contributed by atoms with E-state index in [1.54, 1.807) is 12.1 Å². The van der Waals surface area contributed by atoms with Crippen molar-refractivity contribution in [3.05, 3.63) is 29.8 Å². The molecule has 0 unspecified atom stereocenters. The minimum atomic E-state index is -3.48. The molecule has 0 spiro atoms. The molecule has 0 aromatic heterocycles. The van der Waals surface area contributed by atoms with Crippen molar-refractivity contribution in [2.24, 2.45) is 0 Å². The molecule has 1 aliphatic heterocycles. The van der Waals surface area contributed by atoms with Crippen LogP contribution in [0.1, 0.15) is 26.3 Å². The van der Waals surface area contributed by atoms with Gasteiger partial charge in [0.15, 0.2) is 0 Å². The molecule has 0 amide bonds. The van der Waals surface area contributed by atoms with Crippen molar-refractivity contribution < 1.29 is 12.6 Å². The second kappa shape index (κ2) is 4.02. The predicted molar refractivity (Wildman–Crippen MR) is 73.3 cm³/mol. The molecule has 18 heavy (non-hydrogen) atoms. The zero-order valence-corrected chi connectivity index (χ0v) is 11.8. The highest BCUT2D eigenvalue weighted by atomic mass is 32.2. The van der Waals surface area contributed by atoms with Gasteiger partial charge in [-0.05, 0) is 44.5 Å². The van der Waals surface area contributed by atoms with E-state index in [9.17, 15) is 8.42 Å². The van der Waals surface area contributed by atoms with Crippen LogP contribution in [0.3, 0.4) is 0 Å². The fourth-order valence-electron chi connectivity index (χ4n) is 2.19. The summed E-state index contributed by atoms with van der Waals surface area (Å²) in [6.07, 6.45) is 3.15. The second-order valence-electron chi connectivity index (χ2n) is 5.17. The van der Waals surface area contributed by atoms with Crippen LogP contribution < -0.4 is 9.50 Å². The van der Waals surface area contributed by atoms with Crippen molar-refractivity contribution in [1.29, 1.82) is 0 Å². The van der Waals surface area contributed by atoms with E-state index in [-0.39, 0.29) is 5.54 Å². The fourth-order valence-corrected chi connectivity index (χ4v) is 2.64. The molecule has 0 saturated carbocycles. The van der Waals surface area contributed by atoms with Gasteiger partial charge in [-0.2, -0.15) is 8.42 Å². The van der Waals surface area contributed by atoms with Crippen LogP contribution in [0.2, 0.25) is 0 Å². The normalized spacial score (nSPS) is 17.4. The first kappa shape index (κ1) is 13.0. The highest BCUT2D eigenvalue weighted by Gasteiger charge is 2.22. The van der Waals surface area contributed by atoms with Gasteiger partial charge in [0.2, 0.25) is 0 Å². The third-order valence-corrected chi connectivity index (χ3v) is 3.19. The third-order valence-electron chi connectivity index (χ3n) is 2.70. The maximum absolute atomic E-state index is 11.1. The summed E-state index contributed by atoms with van der Waals surface area (Å²) in [6.45, 7) is 6.17. The Morgan fingerprint density at radius 3 is 2.56 bits per heavy atom. The lowest BCUT2D eigenvalue weighted by molar-refractivity contribution is 0.493. The molecule has 4 nitrogen and oxygen atoms in total. The monoisotopic (exact) mass is 267 g/mol. The van der Waals surface area contributed by atoms with Gasteiger partial charge in [0.25, 0.3) is 0 Å². The van der Waals surface area contributed by atoms with Crippen molar-refractivity contribution in [1.82, 2.24) is 0 Å². The van der Waals surface area contributed by atoms with Gasteiger partial charge < -0.3 is 9.50 Å². The van der Waals surface area contributed by atoms with Gasteiger partial charge in [-0.15, -0.1) is 0 Å². The summed E-state index contributed by atoms with van der Waals surface area (Å²) < 4.78 is 27.1. The molecule has 0 fully saturated rings. The molecule has 1 N–H and O–H groups in total. The Labute approximate surface area is 108 Å². The smallest absolute Gasteiger partial charge is 0.306 e. The van der Waals surface area contributed by atoms with E-state index in [1.165, 1.54) is 0 Å². The highest BCUT2D eigenvalue weighted by molar-refractivity contribution is 7.86. The van der Waals surface area contributed by atoms with Crippen LogP contribution in [0.4, 0.5) is 5.69 Å². The largest absolute Gasteiger partial charge is 0.383 e. The Balaban J connectivity index is 2.43. The highest BCUT2D eigenvalue weighted by Crippen LogP contribution is 2.35. The molecule has 1 heterocycles. The van der Waals surface area contributed by atoms with Crippen molar-refractivity contribution >= 4 is 21.4 Å². The SMILES string of the molecule is CC1=CC(C)(C)Nc2ccc(OS(C)(=O)=O)cc21. The molecule has 0 saturated heterocycles. The molecule has 0 atom stereocenters. The van der Waals surface area contributed by atoms with Crippen molar-refractivity contribution in [3.8, 4) is 5.75 Å². The summed E-state index contributed by atoms with van der Waals surface area (Å²) in [4.78, 5) is 0. The number of rotatable bonds is 2. The minimum Gasteiger partial charge on any atom is -0.383 e. The lowest BCUT2D eigenvalue weighted by Crippen LogP contribution is -2.31. The molecule has 0 aliphatic carbocycles. The zero-order chi connectivity index (χ0) is 13.6. The van der Waals surface area contributed by atoms with Crippen LogP contribution in [0, 0.1) is 0 Å². The minimum absolute atomic E-state index is 0.101. The zero-order valence-electron chi connectivity index (χ0n) is 10.9. The number of hydrogen-bond donors (Lipinski definition) is 1. The van der Waals surface area contributed by atoms with Crippen molar-refractivity contribution in [2.75, 3.05) is 11.6 Å². The van der Waals surface area contributed by atoms with Gasteiger partial charge in [0, 0.05) is 11.3 Å². The number of nitrogens with one attached hydrogen (secondary N) is 1. The topological polar surface area (TPSA) is 55.4 Å². The summed E-state index contributed by atoms with van der Waals surface area (Å²) >= 11 is 0. The van der Waals surface area contributed by atoms with Crippen molar-refractivity contribution in [3.63, 3.8) is 0 Å². The number of fused-ring (bicyclic) bond motifs is 1. The van der Waals surface area contributed by atoms with E-state index < -0.39 is 10.1 Å². The maximum atomic E-state index is 11.1. The van der Waals surface area contributed by atoms with Gasteiger partial charge in [-0.25, -0.2) is 0 Å². The standard InChI is InChI=1S/C13H17NO3S/c1-9-8-13(2,3)14-12-6-5-10(7-11(9)12)17-18(4,15)16/h5-8,14H,1-4H3. The molecule has 0 bridgehead atoms. The fraction of sp³-hybridized carbons (Fsp3) is 0.385. The number of allylic oxidation sites excluding steroid dienone is 1. The molecule has 1 aromatic carbocycles. The Bertz CT molecular complexity index is 615. The molecule has 0 radical (unpaired) electrons. The predicted octanol–water partition coefficient (Wildman–Crippen LogP) is 2.63. The first-order valence-corrected chi connectivity index (χ1v) is 7.49. The molecule has 1 aliphatic rings. The summed E-state index contributed by atoms with van der Waals surface area (Å²) in [5.74, 6) is 0.338. The number of hydrogen-bond acceptors (Lipinski definition) is 4. The summed E-state index contributed by atoms with van der Waals surface area (Å²) in [5.41, 5.74) is 2.96. The van der Waals surface area contributed by atoms with Crippen LogP contribution in [-0.4, -0.2) is 20.2 Å². The van der Waals surface area contributed by atoms with Gasteiger partial charge in [0.1, 0.15) is 5.75 Å². The summed E-state index contributed by atoms with van der Waals surface area (Å²) in [6, 6.07) is 5.24. The Hall–Kier alpha value is -1.49. The van der Waals surface area contributed by atoms with Crippen LogP contribution in [0.5, 0.6) is 5.75 Å².